The Kier molecular flexibility index (Phi) is 4.59. The molecule has 0 radical (unpaired) electrons. The van der Waals surface area contributed by atoms with Gasteiger partial charge in [-0.05, 0) is 41.1 Å². The van der Waals surface area contributed by atoms with E-state index in [-0.39, 0.29) is 0 Å². The Labute approximate surface area is 110 Å². The molecule has 0 amide bonds. The van der Waals surface area contributed by atoms with E-state index in [0.717, 1.165) is 49.2 Å². The summed E-state index contributed by atoms with van der Waals surface area (Å²) in [5.74, 6) is 0.474. The third-order valence-corrected chi connectivity index (χ3v) is 3.78. The molecule has 4 nitrogen and oxygen atoms in total. The first kappa shape index (κ1) is 13.1. The summed E-state index contributed by atoms with van der Waals surface area (Å²) in [5, 5.41) is 14.6. The molecule has 2 atom stereocenters. The Balaban J connectivity index is 2.05. The van der Waals surface area contributed by atoms with E-state index in [2.05, 4.69) is 28.0 Å². The van der Waals surface area contributed by atoms with Gasteiger partial charge in [-0.2, -0.15) is 5.10 Å². The normalized spacial score (nSPS) is 21.9. The van der Waals surface area contributed by atoms with Crippen LogP contribution in [-0.2, 0) is 11.3 Å². The van der Waals surface area contributed by atoms with E-state index in [1.54, 1.807) is 6.20 Å². The molecule has 1 aliphatic heterocycles. The monoisotopic (exact) mass is 302 g/mol. The van der Waals surface area contributed by atoms with Gasteiger partial charge in [-0.25, -0.2) is 0 Å². The standard InChI is InChI=1S/C12H19BrN2O2/c1-2-4-15-12(10(13)7-14-15)11(16)6-9-3-5-17-8-9/h7,9,11,16H,2-6,8H2,1H3. The maximum Gasteiger partial charge on any atom is 0.0971 e. The maximum absolute atomic E-state index is 10.3. The molecule has 0 aliphatic carbocycles. The minimum Gasteiger partial charge on any atom is -0.387 e. The highest BCUT2D eigenvalue weighted by Gasteiger charge is 2.24. The van der Waals surface area contributed by atoms with E-state index in [4.69, 9.17) is 4.74 Å². The Bertz CT molecular complexity index is 361. The van der Waals surface area contributed by atoms with Crippen molar-refractivity contribution in [1.29, 1.82) is 0 Å². The number of aryl methyl sites for hydroxylation is 1. The van der Waals surface area contributed by atoms with Crippen LogP contribution in [-0.4, -0.2) is 28.1 Å². The fraction of sp³-hybridized carbons (Fsp3) is 0.750. The number of aliphatic hydroxyl groups excluding tert-OH is 1. The van der Waals surface area contributed by atoms with E-state index in [1.807, 2.05) is 4.68 Å². The van der Waals surface area contributed by atoms with Crippen LogP contribution in [0.15, 0.2) is 10.7 Å². The minimum atomic E-state index is -0.454. The van der Waals surface area contributed by atoms with Crippen molar-refractivity contribution in [3.8, 4) is 0 Å². The molecule has 1 aromatic rings. The van der Waals surface area contributed by atoms with Crippen molar-refractivity contribution in [2.24, 2.45) is 5.92 Å². The summed E-state index contributed by atoms with van der Waals surface area (Å²) in [5.41, 5.74) is 0.902. The van der Waals surface area contributed by atoms with Gasteiger partial charge >= 0.3 is 0 Å². The van der Waals surface area contributed by atoms with E-state index >= 15 is 0 Å². The highest BCUT2D eigenvalue weighted by atomic mass is 79.9. The molecule has 2 heterocycles. The molecule has 1 fully saturated rings. The summed E-state index contributed by atoms with van der Waals surface area (Å²) in [6.45, 7) is 4.55. The van der Waals surface area contributed by atoms with Gasteiger partial charge in [0.05, 0.1) is 22.5 Å². The van der Waals surface area contributed by atoms with Gasteiger partial charge in [0.2, 0.25) is 0 Å². The molecule has 0 spiro atoms. The Morgan fingerprint density at radius 3 is 3.18 bits per heavy atom. The summed E-state index contributed by atoms with van der Waals surface area (Å²) < 4.78 is 8.13. The highest BCUT2D eigenvalue weighted by Crippen LogP contribution is 2.30. The smallest absolute Gasteiger partial charge is 0.0971 e. The average Bonchev–Trinajstić information content (AvgIpc) is 2.89. The van der Waals surface area contributed by atoms with Crippen molar-refractivity contribution in [3.05, 3.63) is 16.4 Å². The molecular formula is C12H19BrN2O2. The molecule has 0 aromatic carbocycles. The van der Waals surface area contributed by atoms with Crippen molar-refractivity contribution >= 4 is 15.9 Å². The van der Waals surface area contributed by atoms with Crippen molar-refractivity contribution in [3.63, 3.8) is 0 Å². The van der Waals surface area contributed by atoms with Crippen LogP contribution in [0.25, 0.3) is 0 Å². The average molecular weight is 303 g/mol. The van der Waals surface area contributed by atoms with Crippen LogP contribution in [0.1, 0.15) is 38.0 Å². The molecule has 0 saturated carbocycles. The number of rotatable bonds is 5. The van der Waals surface area contributed by atoms with E-state index in [0.29, 0.717) is 5.92 Å². The van der Waals surface area contributed by atoms with Crippen molar-refractivity contribution in [2.45, 2.75) is 38.8 Å². The topological polar surface area (TPSA) is 47.3 Å². The molecule has 1 aliphatic rings. The summed E-state index contributed by atoms with van der Waals surface area (Å²) >= 11 is 3.46. The largest absolute Gasteiger partial charge is 0.387 e. The van der Waals surface area contributed by atoms with Gasteiger partial charge in [-0.1, -0.05) is 6.92 Å². The van der Waals surface area contributed by atoms with Crippen molar-refractivity contribution in [2.75, 3.05) is 13.2 Å². The second-order valence-corrected chi connectivity index (χ2v) is 5.44. The molecule has 1 saturated heterocycles. The Morgan fingerprint density at radius 2 is 2.53 bits per heavy atom. The van der Waals surface area contributed by atoms with Gasteiger partial charge in [0.25, 0.3) is 0 Å². The lowest BCUT2D eigenvalue weighted by Gasteiger charge is -2.16. The molecule has 5 heteroatoms. The first-order valence-electron chi connectivity index (χ1n) is 6.19. The number of ether oxygens (including phenoxy) is 1. The van der Waals surface area contributed by atoms with Crippen LogP contribution in [0.2, 0.25) is 0 Å². The summed E-state index contributed by atoms with van der Waals surface area (Å²) in [7, 11) is 0. The lowest BCUT2D eigenvalue weighted by Crippen LogP contribution is -2.13. The van der Waals surface area contributed by atoms with E-state index < -0.39 is 6.10 Å². The molecule has 17 heavy (non-hydrogen) atoms. The van der Waals surface area contributed by atoms with Crippen molar-refractivity contribution in [1.82, 2.24) is 9.78 Å². The molecule has 1 aromatic heterocycles. The zero-order valence-electron chi connectivity index (χ0n) is 10.1. The minimum absolute atomic E-state index is 0.454. The van der Waals surface area contributed by atoms with Crippen LogP contribution in [0.5, 0.6) is 0 Å². The Hall–Kier alpha value is -0.390. The van der Waals surface area contributed by atoms with Crippen molar-refractivity contribution < 1.29 is 9.84 Å². The second-order valence-electron chi connectivity index (χ2n) is 4.58. The zero-order chi connectivity index (χ0) is 12.3. The second kappa shape index (κ2) is 5.98. The van der Waals surface area contributed by atoms with Gasteiger partial charge in [0, 0.05) is 19.8 Å². The maximum atomic E-state index is 10.3. The van der Waals surface area contributed by atoms with Crippen LogP contribution in [0.3, 0.4) is 0 Å². The predicted molar refractivity (Wildman–Crippen MR) is 68.7 cm³/mol. The first-order chi connectivity index (χ1) is 8.22. The fourth-order valence-corrected chi connectivity index (χ4v) is 2.85. The van der Waals surface area contributed by atoms with Gasteiger partial charge < -0.3 is 9.84 Å². The fourth-order valence-electron chi connectivity index (χ4n) is 2.29. The number of halogens is 1. The number of nitrogens with zero attached hydrogens (tertiary/aromatic N) is 2. The molecule has 1 N–H and O–H groups in total. The van der Waals surface area contributed by atoms with Gasteiger partial charge in [0.15, 0.2) is 0 Å². The molecular weight excluding hydrogens is 284 g/mol. The Morgan fingerprint density at radius 1 is 1.71 bits per heavy atom. The number of aliphatic hydroxyl groups is 1. The predicted octanol–water partition coefficient (Wildman–Crippen LogP) is 2.52. The lowest BCUT2D eigenvalue weighted by atomic mass is 9.99. The van der Waals surface area contributed by atoms with Gasteiger partial charge in [-0.3, -0.25) is 4.68 Å². The van der Waals surface area contributed by atoms with Gasteiger partial charge in [-0.15, -0.1) is 0 Å². The van der Waals surface area contributed by atoms with Crippen LogP contribution in [0, 0.1) is 5.92 Å². The molecule has 2 rings (SSSR count). The first-order valence-corrected chi connectivity index (χ1v) is 6.98. The SMILES string of the molecule is CCCn1ncc(Br)c1C(O)CC1CCOC1. The highest BCUT2D eigenvalue weighted by molar-refractivity contribution is 9.10. The summed E-state index contributed by atoms with van der Waals surface area (Å²) in [6.07, 6.45) is 4.13. The van der Waals surface area contributed by atoms with E-state index in [9.17, 15) is 5.11 Å². The molecule has 2 unspecified atom stereocenters. The quantitative estimate of drug-likeness (QED) is 0.909. The van der Waals surface area contributed by atoms with Crippen LogP contribution in [0.4, 0.5) is 0 Å². The molecule has 0 bridgehead atoms. The van der Waals surface area contributed by atoms with Gasteiger partial charge in [0.1, 0.15) is 0 Å². The van der Waals surface area contributed by atoms with E-state index in [1.165, 1.54) is 0 Å². The van der Waals surface area contributed by atoms with Crippen LogP contribution >= 0.6 is 15.9 Å². The number of aromatic nitrogens is 2. The number of hydrogen-bond acceptors (Lipinski definition) is 3. The third-order valence-electron chi connectivity index (χ3n) is 3.16. The molecule has 96 valence electrons. The van der Waals surface area contributed by atoms with Crippen LogP contribution < -0.4 is 0 Å². The number of hydrogen-bond donors (Lipinski definition) is 1. The summed E-state index contributed by atoms with van der Waals surface area (Å²) in [4.78, 5) is 0. The summed E-state index contributed by atoms with van der Waals surface area (Å²) in [6, 6.07) is 0. The zero-order valence-corrected chi connectivity index (χ0v) is 11.7. The third kappa shape index (κ3) is 3.09. The lowest BCUT2D eigenvalue weighted by molar-refractivity contribution is 0.121.